The van der Waals surface area contributed by atoms with Crippen molar-refractivity contribution in [3.05, 3.63) is 0 Å². The normalized spacial score (nSPS) is 24.8. The minimum absolute atomic E-state index is 0.129. The van der Waals surface area contributed by atoms with E-state index in [0.29, 0.717) is 31.7 Å². The maximum atomic E-state index is 12.5. The van der Waals surface area contributed by atoms with Crippen molar-refractivity contribution in [3.63, 3.8) is 0 Å². The van der Waals surface area contributed by atoms with Gasteiger partial charge in [0.05, 0.1) is 12.5 Å². The Bertz CT molecular complexity index is 336. The van der Waals surface area contributed by atoms with Gasteiger partial charge in [-0.15, -0.1) is 0 Å². The molecule has 1 aliphatic rings. The Balaban J connectivity index is 2.59. The van der Waals surface area contributed by atoms with E-state index in [1.165, 1.54) is 6.42 Å². The van der Waals surface area contributed by atoms with Crippen LogP contribution in [0.4, 0.5) is 0 Å². The molecule has 1 saturated heterocycles. The molecule has 3 unspecified atom stereocenters. The van der Waals surface area contributed by atoms with Crippen LogP contribution < -0.4 is 0 Å². The molecule has 0 spiro atoms. The van der Waals surface area contributed by atoms with Crippen LogP contribution in [-0.4, -0.2) is 58.5 Å². The highest BCUT2D eigenvalue weighted by molar-refractivity contribution is 5.79. The minimum atomic E-state index is -0.810. The molecule has 5 heteroatoms. The number of hydrogen-bond acceptors (Lipinski definition) is 3. The highest BCUT2D eigenvalue weighted by Gasteiger charge is 2.29. The Labute approximate surface area is 121 Å². The topological polar surface area (TPSA) is 60.9 Å². The average Bonchev–Trinajstić information content (AvgIpc) is 2.37. The van der Waals surface area contributed by atoms with Crippen molar-refractivity contribution in [3.8, 4) is 0 Å². The molecule has 0 bridgehead atoms. The first-order valence-electron chi connectivity index (χ1n) is 7.63. The van der Waals surface area contributed by atoms with Crippen LogP contribution >= 0.6 is 0 Å². The van der Waals surface area contributed by atoms with E-state index in [0.717, 1.165) is 12.8 Å². The third kappa shape index (κ3) is 4.47. The molecule has 1 heterocycles. The van der Waals surface area contributed by atoms with Gasteiger partial charge in [-0.3, -0.25) is 14.5 Å². The number of carbonyl (C=O) groups is 2. The van der Waals surface area contributed by atoms with Crippen LogP contribution in [0.3, 0.4) is 0 Å². The van der Waals surface area contributed by atoms with Crippen molar-refractivity contribution in [1.29, 1.82) is 0 Å². The third-order valence-electron chi connectivity index (χ3n) is 4.24. The molecule has 0 aliphatic carbocycles. The van der Waals surface area contributed by atoms with Crippen LogP contribution in [0.5, 0.6) is 0 Å². The molecule has 1 aliphatic heterocycles. The largest absolute Gasteiger partial charge is 0.481 e. The smallest absolute Gasteiger partial charge is 0.307 e. The zero-order chi connectivity index (χ0) is 15.3. The Hall–Kier alpha value is -1.10. The number of carboxylic acid groups (broad SMARTS) is 1. The number of carbonyl (C=O) groups excluding carboxylic acids is 1. The molecule has 0 aromatic heterocycles. The lowest BCUT2D eigenvalue weighted by molar-refractivity contribution is -0.144. The summed E-state index contributed by atoms with van der Waals surface area (Å²) in [6, 6.07) is 0.587. The van der Waals surface area contributed by atoms with Crippen molar-refractivity contribution in [1.82, 2.24) is 9.80 Å². The molecule has 20 heavy (non-hydrogen) atoms. The fourth-order valence-electron chi connectivity index (χ4n) is 2.96. The van der Waals surface area contributed by atoms with Crippen molar-refractivity contribution >= 4 is 11.9 Å². The van der Waals surface area contributed by atoms with E-state index in [-0.39, 0.29) is 5.91 Å². The molecule has 1 amide bonds. The van der Waals surface area contributed by atoms with Gasteiger partial charge in [-0.1, -0.05) is 13.8 Å². The Kier molecular flexibility index (Phi) is 6.46. The fourth-order valence-corrected chi connectivity index (χ4v) is 2.96. The zero-order valence-electron chi connectivity index (χ0n) is 13.1. The van der Waals surface area contributed by atoms with E-state index >= 15 is 0 Å². The number of piperidine rings is 1. The molecular weight excluding hydrogens is 256 g/mol. The average molecular weight is 284 g/mol. The van der Waals surface area contributed by atoms with E-state index < -0.39 is 11.9 Å². The number of likely N-dealkylation sites (N-methyl/N-ethyl adjacent to an activating group) is 1. The SMILES string of the molecule is CCN(CC(=O)N1C(C)CCCC1C)CC(C)C(=O)O. The molecule has 0 radical (unpaired) electrons. The highest BCUT2D eigenvalue weighted by Crippen LogP contribution is 2.22. The second-order valence-corrected chi connectivity index (χ2v) is 6.00. The number of hydrogen-bond donors (Lipinski definition) is 1. The second kappa shape index (κ2) is 7.62. The van der Waals surface area contributed by atoms with Crippen molar-refractivity contribution in [2.24, 2.45) is 5.92 Å². The van der Waals surface area contributed by atoms with Crippen LogP contribution in [0.15, 0.2) is 0 Å². The molecule has 0 saturated carbocycles. The van der Waals surface area contributed by atoms with E-state index in [1.54, 1.807) is 6.92 Å². The molecule has 3 atom stereocenters. The second-order valence-electron chi connectivity index (χ2n) is 6.00. The van der Waals surface area contributed by atoms with Gasteiger partial charge in [0, 0.05) is 18.6 Å². The Morgan fingerprint density at radius 1 is 1.30 bits per heavy atom. The molecule has 116 valence electrons. The molecule has 5 nitrogen and oxygen atoms in total. The summed E-state index contributed by atoms with van der Waals surface area (Å²) in [6.45, 7) is 9.29. The summed E-state index contributed by atoms with van der Waals surface area (Å²) in [5, 5.41) is 8.97. The van der Waals surface area contributed by atoms with Gasteiger partial charge >= 0.3 is 5.97 Å². The lowest BCUT2D eigenvalue weighted by Crippen LogP contribution is -2.51. The van der Waals surface area contributed by atoms with Crippen molar-refractivity contribution in [2.45, 2.75) is 59.0 Å². The van der Waals surface area contributed by atoms with Crippen LogP contribution in [0.25, 0.3) is 0 Å². The molecular formula is C15H28N2O3. The van der Waals surface area contributed by atoms with Gasteiger partial charge in [0.25, 0.3) is 0 Å². The van der Waals surface area contributed by atoms with Gasteiger partial charge in [0.15, 0.2) is 0 Å². The maximum absolute atomic E-state index is 12.5. The first-order chi connectivity index (χ1) is 9.36. The van der Waals surface area contributed by atoms with Crippen LogP contribution in [0.1, 0.15) is 47.0 Å². The molecule has 0 aromatic rings. The van der Waals surface area contributed by atoms with Gasteiger partial charge < -0.3 is 10.0 Å². The van der Waals surface area contributed by atoms with Gasteiger partial charge in [-0.2, -0.15) is 0 Å². The zero-order valence-corrected chi connectivity index (χ0v) is 13.1. The minimum Gasteiger partial charge on any atom is -0.481 e. The van der Waals surface area contributed by atoms with Gasteiger partial charge in [0.2, 0.25) is 5.91 Å². The Morgan fingerprint density at radius 3 is 2.30 bits per heavy atom. The van der Waals surface area contributed by atoms with Gasteiger partial charge in [-0.05, 0) is 39.7 Å². The summed E-state index contributed by atoms with van der Waals surface area (Å²) in [6.07, 6.45) is 3.31. The summed E-state index contributed by atoms with van der Waals surface area (Å²) in [5.74, 6) is -1.13. The quantitative estimate of drug-likeness (QED) is 0.808. The third-order valence-corrected chi connectivity index (χ3v) is 4.24. The monoisotopic (exact) mass is 284 g/mol. The fraction of sp³-hybridized carbons (Fsp3) is 0.867. The van der Waals surface area contributed by atoms with Crippen LogP contribution in [0, 0.1) is 5.92 Å². The number of nitrogens with zero attached hydrogens (tertiary/aromatic N) is 2. The molecule has 1 N–H and O–H groups in total. The summed E-state index contributed by atoms with van der Waals surface area (Å²) in [5.41, 5.74) is 0. The van der Waals surface area contributed by atoms with Gasteiger partial charge in [-0.25, -0.2) is 0 Å². The number of amides is 1. The first-order valence-corrected chi connectivity index (χ1v) is 7.63. The number of rotatable bonds is 6. The summed E-state index contributed by atoms with van der Waals surface area (Å²) < 4.78 is 0. The lowest BCUT2D eigenvalue weighted by Gasteiger charge is -2.40. The Morgan fingerprint density at radius 2 is 1.85 bits per heavy atom. The predicted molar refractivity (Wildman–Crippen MR) is 78.5 cm³/mol. The highest BCUT2D eigenvalue weighted by atomic mass is 16.4. The number of aliphatic carboxylic acids is 1. The standard InChI is InChI=1S/C15H28N2O3/c1-5-16(9-11(2)15(19)20)10-14(18)17-12(3)7-6-8-13(17)4/h11-13H,5-10H2,1-4H3,(H,19,20). The molecule has 1 fully saturated rings. The lowest BCUT2D eigenvalue weighted by atomic mass is 9.97. The van der Waals surface area contributed by atoms with E-state index in [1.807, 2.05) is 16.7 Å². The number of carboxylic acids is 1. The summed E-state index contributed by atoms with van der Waals surface area (Å²) in [7, 11) is 0. The van der Waals surface area contributed by atoms with E-state index in [4.69, 9.17) is 5.11 Å². The summed E-state index contributed by atoms with van der Waals surface area (Å²) >= 11 is 0. The summed E-state index contributed by atoms with van der Waals surface area (Å²) in [4.78, 5) is 27.3. The van der Waals surface area contributed by atoms with E-state index in [9.17, 15) is 9.59 Å². The van der Waals surface area contributed by atoms with Crippen molar-refractivity contribution < 1.29 is 14.7 Å². The van der Waals surface area contributed by atoms with Crippen LogP contribution in [-0.2, 0) is 9.59 Å². The molecule has 0 aromatic carbocycles. The number of likely N-dealkylation sites (tertiary alicyclic amines) is 1. The van der Waals surface area contributed by atoms with Crippen LogP contribution in [0.2, 0.25) is 0 Å². The van der Waals surface area contributed by atoms with E-state index in [2.05, 4.69) is 13.8 Å². The first kappa shape index (κ1) is 17.0. The van der Waals surface area contributed by atoms with Gasteiger partial charge in [0.1, 0.15) is 0 Å². The van der Waals surface area contributed by atoms with Crippen molar-refractivity contribution in [2.75, 3.05) is 19.6 Å². The maximum Gasteiger partial charge on any atom is 0.307 e. The molecule has 1 rings (SSSR count). The predicted octanol–water partition coefficient (Wildman–Crippen LogP) is 1.82.